The minimum absolute atomic E-state index is 0.0126. The van der Waals surface area contributed by atoms with Crippen molar-refractivity contribution in [1.82, 2.24) is 15.2 Å². The highest BCUT2D eigenvalue weighted by atomic mass is 16.2. The van der Waals surface area contributed by atoms with Crippen LogP contribution in [-0.2, 0) is 11.2 Å². The Morgan fingerprint density at radius 3 is 2.44 bits per heavy atom. The van der Waals surface area contributed by atoms with Gasteiger partial charge < -0.3 is 10.2 Å². The van der Waals surface area contributed by atoms with E-state index < -0.39 is 0 Å². The molecule has 0 bridgehead atoms. The molecule has 4 rings (SSSR count). The first kappa shape index (κ1) is 23.7. The molecule has 1 aliphatic heterocycles. The predicted octanol–water partition coefficient (Wildman–Crippen LogP) is 5.05. The molecule has 1 aliphatic rings. The van der Waals surface area contributed by atoms with Crippen LogP contribution in [0.3, 0.4) is 0 Å². The molecule has 176 valence electrons. The van der Waals surface area contributed by atoms with E-state index in [1.54, 1.807) is 6.20 Å². The Kier molecular flexibility index (Phi) is 7.73. The van der Waals surface area contributed by atoms with Crippen LogP contribution in [0.2, 0.25) is 0 Å². The summed E-state index contributed by atoms with van der Waals surface area (Å²) in [4.78, 5) is 32.6. The second-order valence-electron chi connectivity index (χ2n) is 9.21. The Bertz CT molecular complexity index is 1120. The number of benzene rings is 2. The van der Waals surface area contributed by atoms with E-state index in [1.807, 2.05) is 66.4 Å². The van der Waals surface area contributed by atoms with Gasteiger partial charge in [0.15, 0.2) is 0 Å². The van der Waals surface area contributed by atoms with Crippen LogP contribution in [-0.4, -0.2) is 40.8 Å². The summed E-state index contributed by atoms with van der Waals surface area (Å²) < 4.78 is 0. The van der Waals surface area contributed by atoms with Crippen LogP contribution in [0, 0.1) is 12.8 Å². The molecule has 1 aromatic heterocycles. The lowest BCUT2D eigenvalue weighted by molar-refractivity contribution is -0.126. The van der Waals surface area contributed by atoms with Crippen molar-refractivity contribution in [3.8, 4) is 11.3 Å². The Hall–Kier alpha value is -3.47. The number of piperidine rings is 1. The lowest BCUT2D eigenvalue weighted by Gasteiger charge is -2.32. The maximum atomic E-state index is 13.4. The van der Waals surface area contributed by atoms with Crippen LogP contribution in [0.15, 0.2) is 72.9 Å². The Morgan fingerprint density at radius 2 is 1.71 bits per heavy atom. The summed E-state index contributed by atoms with van der Waals surface area (Å²) in [5.41, 5.74) is 4.69. The molecule has 0 radical (unpaired) electrons. The fourth-order valence-electron chi connectivity index (χ4n) is 4.61. The number of pyridine rings is 1. The van der Waals surface area contributed by atoms with E-state index in [9.17, 15) is 9.59 Å². The van der Waals surface area contributed by atoms with E-state index in [1.165, 1.54) is 5.56 Å². The van der Waals surface area contributed by atoms with Crippen molar-refractivity contribution in [2.45, 2.75) is 45.6 Å². The molecule has 3 aromatic rings. The average molecular weight is 456 g/mol. The van der Waals surface area contributed by atoms with Gasteiger partial charge >= 0.3 is 0 Å². The second kappa shape index (κ2) is 11.1. The molecule has 34 heavy (non-hydrogen) atoms. The Morgan fingerprint density at radius 1 is 1.00 bits per heavy atom. The van der Waals surface area contributed by atoms with Crippen molar-refractivity contribution in [3.05, 3.63) is 89.6 Å². The molecule has 5 heteroatoms. The lowest BCUT2D eigenvalue weighted by Crippen LogP contribution is -2.45. The van der Waals surface area contributed by atoms with Crippen LogP contribution in [0.1, 0.15) is 47.7 Å². The summed E-state index contributed by atoms with van der Waals surface area (Å²) >= 11 is 0. The van der Waals surface area contributed by atoms with Crippen molar-refractivity contribution in [2.24, 2.45) is 5.92 Å². The maximum absolute atomic E-state index is 13.4. The molecule has 5 nitrogen and oxygen atoms in total. The van der Waals surface area contributed by atoms with E-state index in [-0.39, 0.29) is 23.8 Å². The number of aryl methyl sites for hydroxylation is 2. The molecule has 0 saturated carbocycles. The van der Waals surface area contributed by atoms with Crippen LogP contribution in [0.4, 0.5) is 0 Å². The molecular formula is C29H33N3O2. The molecule has 2 aromatic carbocycles. The summed E-state index contributed by atoms with van der Waals surface area (Å²) in [6, 6.07) is 22.1. The molecule has 1 unspecified atom stereocenters. The number of carbonyl (C=O) groups is 2. The van der Waals surface area contributed by atoms with Gasteiger partial charge in [0.05, 0.1) is 11.3 Å². The third-order valence-corrected chi connectivity index (χ3v) is 6.69. The van der Waals surface area contributed by atoms with Gasteiger partial charge in [-0.25, -0.2) is 0 Å². The number of likely N-dealkylation sites (tertiary alicyclic amines) is 1. The van der Waals surface area contributed by atoms with Gasteiger partial charge in [-0.3, -0.25) is 14.6 Å². The second-order valence-corrected chi connectivity index (χ2v) is 9.21. The zero-order valence-electron chi connectivity index (χ0n) is 20.0. The largest absolute Gasteiger partial charge is 0.353 e. The van der Waals surface area contributed by atoms with Crippen molar-refractivity contribution in [3.63, 3.8) is 0 Å². The van der Waals surface area contributed by atoms with Gasteiger partial charge in [-0.05, 0) is 62.8 Å². The SMILES string of the molecule is Cc1ccccc1-c1ncccc1C(=O)N1CCC(C(=O)NC(C)CCc2ccccc2)CC1. The minimum atomic E-state index is -0.0482. The smallest absolute Gasteiger partial charge is 0.256 e. The van der Waals surface area contributed by atoms with E-state index in [2.05, 4.69) is 29.4 Å². The predicted molar refractivity (Wildman–Crippen MR) is 135 cm³/mol. The number of rotatable bonds is 7. The molecule has 2 heterocycles. The highest BCUT2D eigenvalue weighted by molar-refractivity contribution is 6.00. The quantitative estimate of drug-likeness (QED) is 0.542. The summed E-state index contributed by atoms with van der Waals surface area (Å²) in [7, 11) is 0. The average Bonchev–Trinajstić information content (AvgIpc) is 2.88. The van der Waals surface area contributed by atoms with Gasteiger partial charge in [0.25, 0.3) is 5.91 Å². The van der Waals surface area contributed by atoms with Gasteiger partial charge in [-0.2, -0.15) is 0 Å². The van der Waals surface area contributed by atoms with E-state index in [0.717, 1.165) is 29.7 Å². The number of nitrogens with one attached hydrogen (secondary N) is 1. The summed E-state index contributed by atoms with van der Waals surface area (Å²) in [6.07, 6.45) is 4.96. The van der Waals surface area contributed by atoms with Gasteiger partial charge in [-0.15, -0.1) is 0 Å². The zero-order valence-corrected chi connectivity index (χ0v) is 20.0. The molecule has 1 saturated heterocycles. The minimum Gasteiger partial charge on any atom is -0.353 e. The molecule has 1 fully saturated rings. The first-order valence-electron chi connectivity index (χ1n) is 12.2. The van der Waals surface area contributed by atoms with E-state index in [4.69, 9.17) is 0 Å². The van der Waals surface area contributed by atoms with Crippen molar-refractivity contribution in [2.75, 3.05) is 13.1 Å². The van der Waals surface area contributed by atoms with Crippen molar-refractivity contribution < 1.29 is 9.59 Å². The van der Waals surface area contributed by atoms with Crippen molar-refractivity contribution in [1.29, 1.82) is 0 Å². The maximum Gasteiger partial charge on any atom is 0.256 e. The Labute approximate surface area is 202 Å². The first-order chi connectivity index (χ1) is 16.5. The standard InChI is InChI=1S/C29H33N3O2/c1-21-9-6-7-12-25(21)27-26(13-8-18-30-27)29(34)32-19-16-24(17-20-32)28(33)31-22(2)14-15-23-10-4-3-5-11-23/h3-13,18,22,24H,14-17,19-20H2,1-2H3,(H,31,33). The molecule has 0 aliphatic carbocycles. The fraction of sp³-hybridized carbons (Fsp3) is 0.345. The van der Waals surface area contributed by atoms with Gasteiger partial charge in [-0.1, -0.05) is 54.6 Å². The number of nitrogens with zero attached hydrogens (tertiary/aromatic N) is 2. The number of hydrogen-bond acceptors (Lipinski definition) is 3. The number of carbonyl (C=O) groups excluding carboxylic acids is 2. The van der Waals surface area contributed by atoms with Crippen LogP contribution >= 0.6 is 0 Å². The van der Waals surface area contributed by atoms with Crippen LogP contribution in [0.25, 0.3) is 11.3 Å². The molecule has 0 spiro atoms. The monoisotopic (exact) mass is 455 g/mol. The van der Waals surface area contributed by atoms with Gasteiger partial charge in [0.1, 0.15) is 0 Å². The van der Waals surface area contributed by atoms with Gasteiger partial charge in [0, 0.05) is 36.8 Å². The summed E-state index contributed by atoms with van der Waals surface area (Å²) in [6.45, 7) is 5.26. The zero-order chi connectivity index (χ0) is 23.9. The van der Waals surface area contributed by atoms with Crippen molar-refractivity contribution >= 4 is 11.8 Å². The number of amides is 2. The summed E-state index contributed by atoms with van der Waals surface area (Å²) in [5, 5.41) is 3.18. The fourth-order valence-corrected chi connectivity index (χ4v) is 4.61. The Balaban J connectivity index is 1.32. The number of aromatic nitrogens is 1. The lowest BCUT2D eigenvalue weighted by atomic mass is 9.94. The molecule has 1 N–H and O–H groups in total. The molecular weight excluding hydrogens is 422 g/mol. The third kappa shape index (κ3) is 5.71. The van der Waals surface area contributed by atoms with E-state index in [0.29, 0.717) is 31.5 Å². The molecule has 2 amide bonds. The first-order valence-corrected chi connectivity index (χ1v) is 12.2. The van der Waals surface area contributed by atoms with Gasteiger partial charge in [0.2, 0.25) is 5.91 Å². The van der Waals surface area contributed by atoms with Crippen LogP contribution < -0.4 is 5.32 Å². The van der Waals surface area contributed by atoms with E-state index >= 15 is 0 Å². The molecule has 1 atom stereocenters. The highest BCUT2D eigenvalue weighted by Crippen LogP contribution is 2.27. The summed E-state index contributed by atoms with van der Waals surface area (Å²) in [5.74, 6) is 0.0454. The van der Waals surface area contributed by atoms with Crippen LogP contribution in [0.5, 0.6) is 0 Å². The highest BCUT2D eigenvalue weighted by Gasteiger charge is 2.29. The third-order valence-electron chi connectivity index (χ3n) is 6.69. The topological polar surface area (TPSA) is 62.3 Å². The normalized spacial score (nSPS) is 15.1. The number of hydrogen-bond donors (Lipinski definition) is 1.